The fourth-order valence-electron chi connectivity index (χ4n) is 3.51. The first-order chi connectivity index (χ1) is 8.73. The number of amides is 1. The fraction of sp³-hybridized carbons (Fsp3) is 0.688. The van der Waals surface area contributed by atoms with Crippen LogP contribution < -0.4 is 5.32 Å². The van der Waals surface area contributed by atoms with Gasteiger partial charge in [-0.3, -0.25) is 9.69 Å². The monoisotopic (exact) mass is 262 g/mol. The highest BCUT2D eigenvalue weighted by Gasteiger charge is 2.44. The SMILES string of the molecule is C#CCN1C(C)(C)CC(CNC(=O)C=C)CC1(C)C. The first-order valence-corrected chi connectivity index (χ1v) is 6.84. The summed E-state index contributed by atoms with van der Waals surface area (Å²) in [6.07, 6.45) is 8.89. The van der Waals surface area contributed by atoms with Crippen molar-refractivity contribution >= 4 is 5.91 Å². The van der Waals surface area contributed by atoms with Crippen LogP contribution >= 0.6 is 0 Å². The Morgan fingerprint density at radius 3 is 2.37 bits per heavy atom. The minimum absolute atomic E-state index is 0.0533. The van der Waals surface area contributed by atoms with Crippen LogP contribution in [0.3, 0.4) is 0 Å². The Morgan fingerprint density at radius 2 is 1.95 bits per heavy atom. The third-order valence-corrected chi connectivity index (χ3v) is 4.04. The van der Waals surface area contributed by atoms with Crippen molar-refractivity contribution in [2.75, 3.05) is 13.1 Å². The van der Waals surface area contributed by atoms with Crippen LogP contribution in [0.1, 0.15) is 40.5 Å². The molecule has 0 aromatic heterocycles. The number of piperidine rings is 1. The highest BCUT2D eigenvalue weighted by Crippen LogP contribution is 2.40. The number of rotatable bonds is 4. The molecule has 1 aliphatic rings. The molecule has 0 aromatic carbocycles. The Bertz CT molecular complexity index is 372. The van der Waals surface area contributed by atoms with E-state index in [1.807, 2.05) is 0 Å². The maximum atomic E-state index is 11.3. The topological polar surface area (TPSA) is 32.3 Å². The Kier molecular flexibility index (Phi) is 4.81. The van der Waals surface area contributed by atoms with E-state index in [1.54, 1.807) is 0 Å². The van der Waals surface area contributed by atoms with Gasteiger partial charge in [0.25, 0.3) is 0 Å². The van der Waals surface area contributed by atoms with E-state index in [4.69, 9.17) is 6.42 Å². The minimum Gasteiger partial charge on any atom is -0.352 e. The van der Waals surface area contributed by atoms with Crippen LogP contribution in [0.5, 0.6) is 0 Å². The molecule has 1 saturated heterocycles. The number of nitrogens with one attached hydrogen (secondary N) is 1. The van der Waals surface area contributed by atoms with Crippen molar-refractivity contribution in [1.82, 2.24) is 10.2 Å². The van der Waals surface area contributed by atoms with Gasteiger partial charge < -0.3 is 5.32 Å². The van der Waals surface area contributed by atoms with Crippen LogP contribution in [0.2, 0.25) is 0 Å². The van der Waals surface area contributed by atoms with E-state index in [2.05, 4.69) is 50.4 Å². The van der Waals surface area contributed by atoms with Crippen LogP contribution in [0, 0.1) is 18.3 Å². The van der Waals surface area contributed by atoms with Gasteiger partial charge in [-0.05, 0) is 52.5 Å². The lowest BCUT2D eigenvalue weighted by atomic mass is 9.73. The molecule has 1 heterocycles. The summed E-state index contributed by atoms with van der Waals surface area (Å²) in [5.74, 6) is 3.15. The second-order valence-electron chi connectivity index (χ2n) is 6.64. The second-order valence-corrected chi connectivity index (χ2v) is 6.64. The summed E-state index contributed by atoms with van der Waals surface area (Å²) in [6, 6.07) is 0. The standard InChI is InChI=1S/C16H26N2O/c1-7-9-18-15(3,4)10-13(11-16(18,5)6)12-17-14(19)8-2/h1,8,13H,2,9-12H2,3-6H3,(H,17,19). The van der Waals surface area contributed by atoms with Gasteiger partial charge in [-0.25, -0.2) is 0 Å². The number of terminal acetylenes is 1. The van der Waals surface area contributed by atoms with Crippen molar-refractivity contribution in [3.8, 4) is 12.3 Å². The molecule has 3 heteroatoms. The zero-order chi connectivity index (χ0) is 14.7. The highest BCUT2D eigenvalue weighted by molar-refractivity contribution is 5.86. The van der Waals surface area contributed by atoms with Gasteiger partial charge in [0, 0.05) is 17.6 Å². The van der Waals surface area contributed by atoms with Crippen molar-refractivity contribution in [2.45, 2.75) is 51.6 Å². The predicted octanol–water partition coefficient (Wildman–Crippen LogP) is 2.19. The van der Waals surface area contributed by atoms with Crippen LogP contribution in [0.25, 0.3) is 0 Å². The molecule has 0 unspecified atom stereocenters. The van der Waals surface area contributed by atoms with Gasteiger partial charge in [0.1, 0.15) is 0 Å². The summed E-state index contributed by atoms with van der Waals surface area (Å²) in [6.45, 7) is 13.8. The zero-order valence-corrected chi connectivity index (χ0v) is 12.6. The summed E-state index contributed by atoms with van der Waals surface area (Å²) in [4.78, 5) is 13.7. The van der Waals surface area contributed by atoms with Gasteiger partial charge in [0.05, 0.1) is 6.54 Å². The molecular weight excluding hydrogens is 236 g/mol. The van der Waals surface area contributed by atoms with Crippen molar-refractivity contribution < 1.29 is 4.79 Å². The predicted molar refractivity (Wildman–Crippen MR) is 79.6 cm³/mol. The fourth-order valence-corrected chi connectivity index (χ4v) is 3.51. The normalized spacial score (nSPS) is 22.5. The molecule has 0 spiro atoms. The van der Waals surface area contributed by atoms with Gasteiger partial charge in [-0.1, -0.05) is 12.5 Å². The van der Waals surface area contributed by atoms with Gasteiger partial charge in [0.2, 0.25) is 5.91 Å². The first kappa shape index (κ1) is 15.8. The molecule has 1 rings (SSSR count). The number of hydrogen-bond donors (Lipinski definition) is 1. The number of nitrogens with zero attached hydrogens (tertiary/aromatic N) is 1. The first-order valence-electron chi connectivity index (χ1n) is 6.84. The summed E-state index contributed by atoms with van der Waals surface area (Å²) < 4.78 is 0. The van der Waals surface area contributed by atoms with Crippen molar-refractivity contribution in [2.24, 2.45) is 5.92 Å². The number of carbonyl (C=O) groups is 1. The lowest BCUT2D eigenvalue weighted by molar-refractivity contribution is -0.117. The van der Waals surface area contributed by atoms with Gasteiger partial charge >= 0.3 is 0 Å². The number of hydrogen-bond acceptors (Lipinski definition) is 2. The zero-order valence-electron chi connectivity index (χ0n) is 12.6. The van der Waals surface area contributed by atoms with Crippen LogP contribution in [0.15, 0.2) is 12.7 Å². The molecular formula is C16H26N2O. The summed E-state index contributed by atoms with van der Waals surface area (Å²) in [5.41, 5.74) is 0.107. The van der Waals surface area contributed by atoms with E-state index in [0.717, 1.165) is 12.8 Å². The molecule has 1 fully saturated rings. The Morgan fingerprint density at radius 1 is 1.42 bits per heavy atom. The lowest BCUT2D eigenvalue weighted by Gasteiger charge is -2.54. The Labute approximate surface area is 117 Å². The van der Waals surface area contributed by atoms with Gasteiger partial charge in [-0.2, -0.15) is 0 Å². The maximum absolute atomic E-state index is 11.3. The van der Waals surface area contributed by atoms with Crippen molar-refractivity contribution in [3.05, 3.63) is 12.7 Å². The Hall–Kier alpha value is -1.27. The molecule has 0 atom stereocenters. The Balaban J connectivity index is 2.76. The number of likely N-dealkylation sites (tertiary alicyclic amines) is 1. The molecule has 106 valence electrons. The van der Waals surface area contributed by atoms with Crippen LogP contribution in [0.4, 0.5) is 0 Å². The second kappa shape index (κ2) is 5.79. The molecule has 1 amide bonds. The molecule has 0 radical (unpaired) electrons. The third-order valence-electron chi connectivity index (χ3n) is 4.04. The van der Waals surface area contributed by atoms with Gasteiger partial charge in [0.15, 0.2) is 0 Å². The smallest absolute Gasteiger partial charge is 0.243 e. The molecule has 1 aliphatic heterocycles. The summed E-state index contributed by atoms with van der Waals surface area (Å²) >= 11 is 0. The molecule has 1 N–H and O–H groups in total. The van der Waals surface area contributed by atoms with Crippen molar-refractivity contribution in [3.63, 3.8) is 0 Å². The quantitative estimate of drug-likeness (QED) is 0.622. The summed E-state index contributed by atoms with van der Waals surface area (Å²) in [5, 5.41) is 2.91. The van der Waals surface area contributed by atoms with E-state index in [9.17, 15) is 4.79 Å². The molecule has 0 aliphatic carbocycles. The molecule has 19 heavy (non-hydrogen) atoms. The molecule has 3 nitrogen and oxygen atoms in total. The highest BCUT2D eigenvalue weighted by atomic mass is 16.1. The molecule has 0 bridgehead atoms. The van der Waals surface area contributed by atoms with Gasteiger partial charge in [-0.15, -0.1) is 6.42 Å². The molecule has 0 saturated carbocycles. The number of carbonyl (C=O) groups excluding carboxylic acids is 1. The van der Waals surface area contributed by atoms with E-state index < -0.39 is 0 Å². The average Bonchev–Trinajstić information content (AvgIpc) is 2.29. The average molecular weight is 262 g/mol. The van der Waals surface area contributed by atoms with Crippen molar-refractivity contribution in [1.29, 1.82) is 0 Å². The van der Waals surface area contributed by atoms with E-state index in [0.29, 0.717) is 19.0 Å². The van der Waals surface area contributed by atoms with E-state index in [-0.39, 0.29) is 17.0 Å². The van der Waals surface area contributed by atoms with Crippen LogP contribution in [-0.4, -0.2) is 35.0 Å². The largest absolute Gasteiger partial charge is 0.352 e. The van der Waals surface area contributed by atoms with Crippen LogP contribution in [-0.2, 0) is 4.79 Å². The van der Waals surface area contributed by atoms with E-state index >= 15 is 0 Å². The minimum atomic E-state index is -0.0957. The third kappa shape index (κ3) is 3.84. The maximum Gasteiger partial charge on any atom is 0.243 e. The van der Waals surface area contributed by atoms with E-state index in [1.165, 1.54) is 6.08 Å². The lowest BCUT2D eigenvalue weighted by Crippen LogP contribution is -2.61. The summed E-state index contributed by atoms with van der Waals surface area (Å²) in [7, 11) is 0. The molecule has 0 aromatic rings.